The summed E-state index contributed by atoms with van der Waals surface area (Å²) in [7, 11) is -2.29. The summed E-state index contributed by atoms with van der Waals surface area (Å²) in [6.07, 6.45) is 0.801. The van der Waals surface area contributed by atoms with Crippen LogP contribution in [0.1, 0.15) is 36.4 Å². The number of esters is 1. The predicted molar refractivity (Wildman–Crippen MR) is 122 cm³/mol. The first-order chi connectivity index (χ1) is 15.2. The zero-order chi connectivity index (χ0) is 23.3. The van der Waals surface area contributed by atoms with Gasteiger partial charge in [-0.1, -0.05) is 41.4 Å². The Kier molecular flexibility index (Phi) is 7.92. The molecular formula is C23H27ClN2O5S. The molecule has 0 bridgehead atoms. The first-order valence-corrected chi connectivity index (χ1v) is 12.2. The van der Waals surface area contributed by atoms with Gasteiger partial charge in [-0.25, -0.2) is 8.42 Å². The monoisotopic (exact) mass is 478 g/mol. The quantitative estimate of drug-likeness (QED) is 0.615. The van der Waals surface area contributed by atoms with Gasteiger partial charge in [-0.15, -0.1) is 0 Å². The molecule has 1 amide bonds. The van der Waals surface area contributed by atoms with E-state index in [-0.39, 0.29) is 36.2 Å². The summed E-state index contributed by atoms with van der Waals surface area (Å²) >= 11 is 5.95. The van der Waals surface area contributed by atoms with Crippen molar-refractivity contribution in [2.75, 3.05) is 20.2 Å². The number of nitrogens with zero attached hydrogens (tertiary/aromatic N) is 1. The maximum Gasteiger partial charge on any atom is 0.307 e. The summed E-state index contributed by atoms with van der Waals surface area (Å²) in [5, 5.41) is 3.48. The SMILES string of the molecule is COC(=O)CC(NC(=O)C1CCN(S(=O)(=O)c2ccc(C)cc2)CC1)c1ccc(Cl)cc1. The van der Waals surface area contributed by atoms with Crippen LogP contribution in [-0.4, -0.2) is 44.8 Å². The van der Waals surface area contributed by atoms with Gasteiger partial charge >= 0.3 is 5.97 Å². The van der Waals surface area contributed by atoms with Gasteiger partial charge in [0.2, 0.25) is 15.9 Å². The fraction of sp³-hybridized carbons (Fsp3) is 0.391. The minimum atomic E-state index is -3.59. The van der Waals surface area contributed by atoms with Crippen molar-refractivity contribution in [3.05, 3.63) is 64.7 Å². The number of methoxy groups -OCH3 is 1. The second-order valence-corrected chi connectivity index (χ2v) is 10.3. The molecule has 0 spiro atoms. The van der Waals surface area contributed by atoms with Crippen LogP contribution in [0.25, 0.3) is 0 Å². The molecule has 1 saturated heterocycles. The molecule has 0 aromatic heterocycles. The molecule has 9 heteroatoms. The van der Waals surface area contributed by atoms with Crippen LogP contribution in [0.5, 0.6) is 0 Å². The molecule has 172 valence electrons. The van der Waals surface area contributed by atoms with Gasteiger partial charge in [-0.05, 0) is 49.6 Å². The van der Waals surface area contributed by atoms with Gasteiger partial charge in [0.05, 0.1) is 24.5 Å². The van der Waals surface area contributed by atoms with Gasteiger partial charge in [-0.2, -0.15) is 4.31 Å². The molecular weight excluding hydrogens is 452 g/mol. The maximum atomic E-state index is 12.9. The lowest BCUT2D eigenvalue weighted by Gasteiger charge is -2.31. The van der Waals surface area contributed by atoms with E-state index in [1.165, 1.54) is 11.4 Å². The fourth-order valence-corrected chi connectivity index (χ4v) is 5.30. The van der Waals surface area contributed by atoms with Gasteiger partial charge in [-0.3, -0.25) is 9.59 Å². The number of ether oxygens (including phenoxy) is 1. The van der Waals surface area contributed by atoms with Gasteiger partial charge in [0, 0.05) is 24.0 Å². The number of carbonyl (C=O) groups excluding carboxylic acids is 2. The number of rotatable bonds is 7. The first-order valence-electron chi connectivity index (χ1n) is 10.4. The molecule has 2 aromatic rings. The molecule has 7 nitrogen and oxygen atoms in total. The largest absolute Gasteiger partial charge is 0.469 e. The van der Waals surface area contributed by atoms with E-state index in [9.17, 15) is 18.0 Å². The highest BCUT2D eigenvalue weighted by molar-refractivity contribution is 7.89. The zero-order valence-electron chi connectivity index (χ0n) is 18.1. The number of hydrogen-bond acceptors (Lipinski definition) is 5. The normalized spacial score (nSPS) is 16.3. The topological polar surface area (TPSA) is 92.8 Å². The second-order valence-electron chi connectivity index (χ2n) is 7.88. The van der Waals surface area contributed by atoms with Crippen LogP contribution in [0.4, 0.5) is 0 Å². The molecule has 3 rings (SSSR count). The van der Waals surface area contributed by atoms with Crippen molar-refractivity contribution in [2.24, 2.45) is 5.92 Å². The smallest absolute Gasteiger partial charge is 0.307 e. The summed E-state index contributed by atoms with van der Waals surface area (Å²) in [5.74, 6) is -0.989. The molecule has 0 radical (unpaired) electrons. The number of hydrogen-bond donors (Lipinski definition) is 1. The Morgan fingerprint density at radius 3 is 2.25 bits per heavy atom. The lowest BCUT2D eigenvalue weighted by atomic mass is 9.95. The second kappa shape index (κ2) is 10.5. The van der Waals surface area contributed by atoms with E-state index < -0.39 is 22.0 Å². The third-order valence-corrected chi connectivity index (χ3v) is 7.84. The van der Waals surface area contributed by atoms with Crippen molar-refractivity contribution in [3.63, 3.8) is 0 Å². The molecule has 1 aliphatic heterocycles. The highest BCUT2D eigenvalue weighted by Gasteiger charge is 2.33. The third kappa shape index (κ3) is 5.88. The lowest BCUT2D eigenvalue weighted by Crippen LogP contribution is -2.43. The highest BCUT2D eigenvalue weighted by atomic mass is 35.5. The Labute approximate surface area is 193 Å². The molecule has 32 heavy (non-hydrogen) atoms. The molecule has 0 aliphatic carbocycles. The van der Waals surface area contributed by atoms with E-state index in [0.717, 1.165) is 11.1 Å². The summed E-state index contributed by atoms with van der Waals surface area (Å²) < 4.78 is 32.0. The Morgan fingerprint density at radius 2 is 1.69 bits per heavy atom. The van der Waals surface area contributed by atoms with Crippen molar-refractivity contribution in [2.45, 2.75) is 37.1 Å². The van der Waals surface area contributed by atoms with Gasteiger partial charge < -0.3 is 10.1 Å². The molecule has 1 N–H and O–H groups in total. The molecule has 2 aromatic carbocycles. The summed E-state index contributed by atoms with van der Waals surface area (Å²) in [4.78, 5) is 25.0. The summed E-state index contributed by atoms with van der Waals surface area (Å²) in [5.41, 5.74) is 1.73. The lowest BCUT2D eigenvalue weighted by molar-refractivity contribution is -0.141. The number of nitrogens with one attached hydrogen (secondary N) is 1. The number of sulfonamides is 1. The van der Waals surface area contributed by atoms with Crippen molar-refractivity contribution in [1.82, 2.24) is 9.62 Å². The van der Waals surface area contributed by atoms with Crippen LogP contribution in [-0.2, 0) is 24.3 Å². The van der Waals surface area contributed by atoms with E-state index in [1.807, 2.05) is 6.92 Å². The van der Waals surface area contributed by atoms with Crippen LogP contribution in [0.2, 0.25) is 5.02 Å². The third-order valence-electron chi connectivity index (χ3n) is 5.67. The van der Waals surface area contributed by atoms with E-state index in [2.05, 4.69) is 5.32 Å². The number of amides is 1. The molecule has 1 aliphatic rings. The Bertz CT molecular complexity index is 1050. The van der Waals surface area contributed by atoms with Gasteiger partial charge in [0.25, 0.3) is 0 Å². The number of aryl methyl sites for hydroxylation is 1. The Balaban J connectivity index is 1.64. The number of carbonyl (C=O) groups is 2. The number of benzene rings is 2. The molecule has 0 saturated carbocycles. The maximum absolute atomic E-state index is 12.9. The van der Waals surface area contributed by atoms with Crippen molar-refractivity contribution in [3.8, 4) is 0 Å². The van der Waals surface area contributed by atoms with Crippen molar-refractivity contribution < 1.29 is 22.7 Å². The number of halogens is 1. The highest BCUT2D eigenvalue weighted by Crippen LogP contribution is 2.26. The molecule has 1 atom stereocenters. The molecule has 1 fully saturated rings. The van der Waals surface area contributed by atoms with Crippen LogP contribution in [0.15, 0.2) is 53.4 Å². The molecule has 1 unspecified atom stereocenters. The van der Waals surface area contributed by atoms with Crippen LogP contribution < -0.4 is 5.32 Å². The van der Waals surface area contributed by atoms with E-state index >= 15 is 0 Å². The van der Waals surface area contributed by atoms with E-state index in [0.29, 0.717) is 17.9 Å². The minimum Gasteiger partial charge on any atom is -0.469 e. The standard InChI is InChI=1S/C23H27ClN2O5S/c1-16-3-9-20(10-4-16)32(29,30)26-13-11-18(12-14-26)23(28)25-21(15-22(27)31-2)17-5-7-19(24)8-6-17/h3-10,18,21H,11-15H2,1-2H3,(H,25,28). The summed E-state index contributed by atoms with van der Waals surface area (Å²) in [6, 6.07) is 13.1. The first kappa shape index (κ1) is 24.2. The van der Waals surface area contributed by atoms with Crippen LogP contribution in [0, 0.1) is 12.8 Å². The van der Waals surface area contributed by atoms with Crippen molar-refractivity contribution in [1.29, 1.82) is 0 Å². The van der Waals surface area contributed by atoms with Gasteiger partial charge in [0.1, 0.15) is 0 Å². The minimum absolute atomic E-state index is 0.00940. The van der Waals surface area contributed by atoms with Crippen molar-refractivity contribution >= 4 is 33.5 Å². The average molecular weight is 479 g/mol. The molecule has 1 heterocycles. The van der Waals surface area contributed by atoms with Crippen LogP contribution >= 0.6 is 11.6 Å². The fourth-order valence-electron chi connectivity index (χ4n) is 3.70. The summed E-state index contributed by atoms with van der Waals surface area (Å²) in [6.45, 7) is 2.42. The van der Waals surface area contributed by atoms with Crippen LogP contribution in [0.3, 0.4) is 0 Å². The van der Waals surface area contributed by atoms with E-state index in [1.54, 1.807) is 48.5 Å². The Morgan fingerprint density at radius 1 is 1.09 bits per heavy atom. The average Bonchev–Trinajstić information content (AvgIpc) is 2.79. The predicted octanol–water partition coefficient (Wildman–Crippen LogP) is 3.47. The zero-order valence-corrected chi connectivity index (χ0v) is 19.7. The van der Waals surface area contributed by atoms with Gasteiger partial charge in [0.15, 0.2) is 0 Å². The Hall–Kier alpha value is -2.42. The van der Waals surface area contributed by atoms with E-state index in [4.69, 9.17) is 16.3 Å². The number of piperidine rings is 1.